The molecule has 0 saturated heterocycles. The van der Waals surface area contributed by atoms with Crippen LogP contribution in [0.4, 0.5) is 0 Å². The zero-order valence-corrected chi connectivity index (χ0v) is 11.2. The Labute approximate surface area is 78.0 Å². The first kappa shape index (κ1) is 11.3. The fraction of sp³-hybridized carbons (Fsp3) is 1.00. The van der Waals surface area contributed by atoms with Gasteiger partial charge in [-0.25, -0.2) is 0 Å². The van der Waals surface area contributed by atoms with Crippen LogP contribution in [0.2, 0.25) is 0 Å². The normalized spacial score (nSPS) is 12.2. The van der Waals surface area contributed by atoms with Gasteiger partial charge in [-0.05, 0) is 0 Å². The minimum absolute atomic E-state index is 0.124. The average molecular weight is 326 g/mol. The van der Waals surface area contributed by atoms with Gasteiger partial charge in [0.15, 0.2) is 0 Å². The Hall–Kier alpha value is 0.288. The van der Waals surface area contributed by atoms with Gasteiger partial charge < -0.3 is 0 Å². The molecule has 0 saturated carbocycles. The van der Waals surface area contributed by atoms with Crippen molar-refractivity contribution in [3.8, 4) is 0 Å². The fourth-order valence-corrected chi connectivity index (χ4v) is 2.17. The third-order valence-electron chi connectivity index (χ3n) is 0.629. The van der Waals surface area contributed by atoms with E-state index in [0.29, 0.717) is 0 Å². The molecule has 0 atom stereocenters. The van der Waals surface area contributed by atoms with E-state index in [1.165, 1.54) is 0 Å². The van der Waals surface area contributed by atoms with E-state index in [4.69, 9.17) is 0 Å². The fourth-order valence-electron chi connectivity index (χ4n) is 0.265. The van der Waals surface area contributed by atoms with Crippen LogP contribution in [0.1, 0.15) is 41.5 Å². The number of hydrogen-bond donors (Lipinski definition) is 0. The van der Waals surface area contributed by atoms with E-state index in [0.717, 1.165) is 0 Å². The molecule has 0 N–H and O–H groups in total. The Kier molecular flexibility index (Phi) is 3.90. The van der Waals surface area contributed by atoms with Crippen molar-refractivity contribution < 1.29 is 18.2 Å². The summed E-state index contributed by atoms with van der Waals surface area (Å²) in [6.45, 7) is 12.8. The summed E-state index contributed by atoms with van der Waals surface area (Å²) in [5.74, 6) is 0. The van der Waals surface area contributed by atoms with E-state index in [-0.39, 0.29) is 11.1 Å². The van der Waals surface area contributed by atoms with Crippen LogP contribution < -0.4 is 0 Å². The molecule has 0 aliphatic heterocycles. The van der Waals surface area contributed by atoms with Gasteiger partial charge in [-0.3, -0.25) is 0 Å². The van der Waals surface area contributed by atoms with E-state index >= 15 is 0 Å². The molecular formula is C8H18N2W+2. The summed E-state index contributed by atoms with van der Waals surface area (Å²) in [6, 6.07) is 0. The van der Waals surface area contributed by atoms with Gasteiger partial charge in [-0.2, -0.15) is 0 Å². The van der Waals surface area contributed by atoms with Crippen molar-refractivity contribution in [2.45, 2.75) is 52.6 Å². The second-order valence-electron chi connectivity index (χ2n) is 4.61. The first-order valence-corrected chi connectivity index (χ1v) is 6.44. The van der Waals surface area contributed by atoms with E-state index < -0.39 is 18.2 Å². The van der Waals surface area contributed by atoms with Crippen molar-refractivity contribution in [1.82, 2.24) is 0 Å². The molecule has 0 aromatic rings. The molecule has 11 heavy (non-hydrogen) atoms. The molecule has 0 radical (unpaired) electrons. The van der Waals surface area contributed by atoms with Gasteiger partial charge in [0.25, 0.3) is 0 Å². The van der Waals surface area contributed by atoms with Gasteiger partial charge in [0.1, 0.15) is 0 Å². The Balaban J connectivity index is 4.25. The summed E-state index contributed by atoms with van der Waals surface area (Å²) < 4.78 is 9.08. The third-order valence-corrected chi connectivity index (χ3v) is 5.15. The van der Waals surface area contributed by atoms with Crippen LogP contribution in [0.3, 0.4) is 0 Å². The number of nitrogens with zero attached hydrogens (tertiary/aromatic N) is 2. The van der Waals surface area contributed by atoms with Gasteiger partial charge in [-0.1, -0.05) is 0 Å². The molecule has 0 rings (SSSR count). The Morgan fingerprint density at radius 1 is 0.727 bits per heavy atom. The van der Waals surface area contributed by atoms with Crippen molar-refractivity contribution >= 4 is 0 Å². The SMILES string of the molecule is CC(C)(C)[N]=[W+2]=[N]C(C)(C)C. The molecule has 3 heteroatoms. The molecule has 0 aromatic carbocycles. The van der Waals surface area contributed by atoms with E-state index in [9.17, 15) is 0 Å². The molecule has 0 fully saturated rings. The van der Waals surface area contributed by atoms with E-state index in [1.54, 1.807) is 0 Å². The standard InChI is InChI=1S/2C4H9N.W/c2*1-4(2,3)5;/h2*1-3H3;/q;;+2. The number of hydrogen-bond acceptors (Lipinski definition) is 2. The monoisotopic (exact) mass is 326 g/mol. The number of rotatable bonds is 0. The zero-order chi connectivity index (χ0) is 9.12. The second-order valence-corrected chi connectivity index (χ2v) is 6.50. The molecular weight excluding hydrogens is 308 g/mol. The summed E-state index contributed by atoms with van der Waals surface area (Å²) >= 11 is -0.780. The average Bonchev–Trinajstić information content (AvgIpc) is 1.55. The first-order chi connectivity index (χ1) is 4.71. The quantitative estimate of drug-likeness (QED) is 0.654. The first-order valence-electron chi connectivity index (χ1n) is 3.81. The molecule has 0 unspecified atom stereocenters. The Bertz CT molecular complexity index is 159. The minimum atomic E-state index is -0.780. The summed E-state index contributed by atoms with van der Waals surface area (Å²) in [5, 5.41) is 0. The van der Waals surface area contributed by atoms with Crippen molar-refractivity contribution in [2.75, 3.05) is 0 Å². The summed E-state index contributed by atoms with van der Waals surface area (Å²) in [4.78, 5) is 0. The van der Waals surface area contributed by atoms with Crippen LogP contribution in [0, 0.1) is 0 Å². The molecule has 0 amide bonds. The van der Waals surface area contributed by atoms with Crippen LogP contribution in [0.25, 0.3) is 0 Å². The molecule has 0 aliphatic rings. The van der Waals surface area contributed by atoms with Crippen LogP contribution in [-0.4, -0.2) is 11.1 Å². The maximum atomic E-state index is 4.54. The maximum absolute atomic E-state index is 4.54. The van der Waals surface area contributed by atoms with Crippen molar-refractivity contribution in [2.24, 2.45) is 6.99 Å². The van der Waals surface area contributed by atoms with Crippen molar-refractivity contribution in [3.05, 3.63) is 0 Å². The Morgan fingerprint density at radius 3 is 1.18 bits per heavy atom. The Morgan fingerprint density at radius 2 is 1.00 bits per heavy atom. The predicted octanol–water partition coefficient (Wildman–Crippen LogP) is 3.03. The van der Waals surface area contributed by atoms with Gasteiger partial charge in [-0.15, -0.1) is 0 Å². The van der Waals surface area contributed by atoms with Crippen LogP contribution in [-0.2, 0) is 18.2 Å². The molecule has 0 aliphatic carbocycles. The van der Waals surface area contributed by atoms with Gasteiger partial charge in [0.2, 0.25) is 0 Å². The van der Waals surface area contributed by atoms with Gasteiger partial charge in [0, 0.05) is 0 Å². The van der Waals surface area contributed by atoms with Crippen LogP contribution in [0.15, 0.2) is 6.99 Å². The second kappa shape index (κ2) is 3.80. The van der Waals surface area contributed by atoms with E-state index in [2.05, 4.69) is 48.5 Å². The molecule has 64 valence electrons. The third kappa shape index (κ3) is 10.3. The zero-order valence-electron chi connectivity index (χ0n) is 8.30. The van der Waals surface area contributed by atoms with Gasteiger partial charge >= 0.3 is 77.8 Å². The van der Waals surface area contributed by atoms with E-state index in [1.807, 2.05) is 0 Å². The van der Waals surface area contributed by atoms with Gasteiger partial charge in [0.05, 0.1) is 0 Å². The molecule has 0 aromatic heterocycles. The predicted molar refractivity (Wildman–Crippen MR) is 44.4 cm³/mol. The van der Waals surface area contributed by atoms with Crippen LogP contribution >= 0.6 is 0 Å². The van der Waals surface area contributed by atoms with Crippen molar-refractivity contribution in [1.29, 1.82) is 0 Å². The molecule has 0 spiro atoms. The topological polar surface area (TPSA) is 24.7 Å². The molecule has 0 heterocycles. The molecule has 0 bridgehead atoms. The summed E-state index contributed by atoms with van der Waals surface area (Å²) in [7, 11) is 0. The summed E-state index contributed by atoms with van der Waals surface area (Å²) in [5.41, 5.74) is 0.249. The summed E-state index contributed by atoms with van der Waals surface area (Å²) in [6.07, 6.45) is 0. The van der Waals surface area contributed by atoms with Crippen LogP contribution in [0.5, 0.6) is 0 Å². The molecule has 2 nitrogen and oxygen atoms in total. The van der Waals surface area contributed by atoms with Crippen molar-refractivity contribution in [3.63, 3.8) is 0 Å².